The number of aliphatic carboxylic acids is 1. The summed E-state index contributed by atoms with van der Waals surface area (Å²) in [5.41, 5.74) is 7.35. The molecule has 0 aliphatic rings. The summed E-state index contributed by atoms with van der Waals surface area (Å²) in [6.07, 6.45) is 2.02. The Morgan fingerprint density at radius 1 is 0.868 bits per heavy atom. The van der Waals surface area contributed by atoms with Crippen molar-refractivity contribution >= 4 is 29.8 Å². The maximum Gasteiger partial charge on any atom is 0.326 e. The van der Waals surface area contributed by atoms with Crippen molar-refractivity contribution in [2.75, 3.05) is 0 Å². The van der Waals surface area contributed by atoms with Crippen molar-refractivity contribution in [3.63, 3.8) is 0 Å². The summed E-state index contributed by atoms with van der Waals surface area (Å²) in [5, 5.41) is 17.5. The first-order valence-electron chi connectivity index (χ1n) is 12.7. The monoisotopic (exact) mass is 522 g/mol. The van der Waals surface area contributed by atoms with Crippen molar-refractivity contribution in [1.29, 1.82) is 0 Å². The number of nitrogens with one attached hydrogen (secondary N) is 3. The van der Waals surface area contributed by atoms with Crippen LogP contribution in [-0.2, 0) is 25.6 Å². The van der Waals surface area contributed by atoms with Crippen LogP contribution in [0.4, 0.5) is 0 Å². The molecule has 3 amide bonds. The second kappa shape index (κ2) is 14.7. The van der Waals surface area contributed by atoms with Gasteiger partial charge in [0.1, 0.15) is 17.8 Å². The highest BCUT2D eigenvalue weighted by atomic mass is 16.4. The highest BCUT2D eigenvalue weighted by Crippen LogP contribution is 2.11. The van der Waals surface area contributed by atoms with Crippen LogP contribution in [0, 0.1) is 11.8 Å². The minimum absolute atomic E-state index is 0.0714. The van der Waals surface area contributed by atoms with Gasteiger partial charge < -0.3 is 26.8 Å². The molecule has 0 aliphatic heterocycles. The summed E-state index contributed by atoms with van der Waals surface area (Å²) in [5.74, 6) is -3.23. The van der Waals surface area contributed by atoms with E-state index in [2.05, 4.69) is 16.0 Å². The molecule has 6 N–H and O–H groups in total. The lowest BCUT2D eigenvalue weighted by atomic mass is 10.0. The number of nitrogens with two attached hydrogens (primary N) is 1. The fourth-order valence-corrected chi connectivity index (χ4v) is 3.78. The van der Waals surface area contributed by atoms with Crippen LogP contribution in [0.1, 0.15) is 45.2 Å². The molecule has 38 heavy (non-hydrogen) atoms. The molecule has 0 radical (unpaired) electrons. The van der Waals surface area contributed by atoms with E-state index >= 15 is 0 Å². The Hall–Kier alpha value is -3.98. The normalized spacial score (nSPS) is 13.9. The molecule has 0 saturated carbocycles. The summed E-state index contributed by atoms with van der Waals surface area (Å²) >= 11 is 0. The Kier molecular flexibility index (Phi) is 11.7. The molecule has 0 aliphatic carbocycles. The van der Waals surface area contributed by atoms with Crippen molar-refractivity contribution in [3.05, 3.63) is 77.5 Å². The van der Waals surface area contributed by atoms with Gasteiger partial charge in [0.05, 0.1) is 6.04 Å². The lowest BCUT2D eigenvalue weighted by molar-refractivity contribution is -0.142. The van der Waals surface area contributed by atoms with Crippen molar-refractivity contribution in [1.82, 2.24) is 16.0 Å². The van der Waals surface area contributed by atoms with Crippen molar-refractivity contribution < 1.29 is 24.3 Å². The number of hydrogen-bond donors (Lipinski definition) is 5. The van der Waals surface area contributed by atoms with Gasteiger partial charge in [0, 0.05) is 6.42 Å². The van der Waals surface area contributed by atoms with Gasteiger partial charge in [-0.3, -0.25) is 14.4 Å². The first-order valence-corrected chi connectivity index (χ1v) is 12.7. The highest BCUT2D eigenvalue weighted by Gasteiger charge is 2.30. The standard InChI is InChI=1S/C29H38N4O5/c1-18(2)15-22(30)26(34)31-23(16-20-11-7-5-8-12-20)27(35)33-25(19(3)4)28(36)32-24(29(37)38)17-21-13-9-6-10-14-21/h5-14,16,18-19,22,24-25H,15,17,30H2,1-4H3,(H,31,34)(H,32,36)(H,33,35)(H,37,38)/t22-,24-,25-/m0/s1. The van der Waals surface area contributed by atoms with Gasteiger partial charge in [-0.1, -0.05) is 88.4 Å². The van der Waals surface area contributed by atoms with E-state index in [9.17, 15) is 24.3 Å². The molecule has 0 saturated heterocycles. The number of benzene rings is 2. The Morgan fingerprint density at radius 2 is 1.45 bits per heavy atom. The second-order valence-corrected chi connectivity index (χ2v) is 9.98. The number of carboxylic acids is 1. The quantitative estimate of drug-likeness (QED) is 0.255. The zero-order chi connectivity index (χ0) is 28.2. The lowest BCUT2D eigenvalue weighted by Gasteiger charge is -2.25. The minimum atomic E-state index is -1.19. The number of carboxylic acid groups (broad SMARTS) is 1. The molecular formula is C29H38N4O5. The molecule has 9 heteroatoms. The average molecular weight is 523 g/mol. The maximum absolute atomic E-state index is 13.3. The SMILES string of the molecule is CC(C)C[C@H](N)C(=O)NC(=Cc1ccccc1)C(=O)N[C@H](C(=O)N[C@@H](Cc1ccccc1)C(=O)O)C(C)C. The molecule has 0 bridgehead atoms. The third-order valence-corrected chi connectivity index (χ3v) is 5.81. The predicted octanol–water partition coefficient (Wildman–Crippen LogP) is 2.47. The third-order valence-electron chi connectivity index (χ3n) is 5.81. The molecule has 9 nitrogen and oxygen atoms in total. The molecular weight excluding hydrogens is 484 g/mol. The van der Waals surface area contributed by atoms with Crippen molar-refractivity contribution in [3.8, 4) is 0 Å². The molecule has 0 fully saturated rings. The number of hydrogen-bond acceptors (Lipinski definition) is 5. The van der Waals surface area contributed by atoms with E-state index in [0.29, 0.717) is 12.0 Å². The van der Waals surface area contributed by atoms with E-state index in [4.69, 9.17) is 5.73 Å². The summed E-state index contributed by atoms with van der Waals surface area (Å²) < 4.78 is 0. The van der Waals surface area contributed by atoms with Crippen LogP contribution in [-0.4, -0.2) is 46.9 Å². The van der Waals surface area contributed by atoms with Crippen molar-refractivity contribution in [2.24, 2.45) is 17.6 Å². The Labute approximate surface area is 223 Å². The topological polar surface area (TPSA) is 151 Å². The average Bonchev–Trinajstić information content (AvgIpc) is 2.86. The van der Waals surface area contributed by atoms with Gasteiger partial charge in [-0.2, -0.15) is 0 Å². The molecule has 0 unspecified atom stereocenters. The highest BCUT2D eigenvalue weighted by molar-refractivity contribution is 6.04. The maximum atomic E-state index is 13.3. The number of amides is 3. The molecule has 2 aromatic carbocycles. The Bertz CT molecular complexity index is 1120. The van der Waals surface area contributed by atoms with Crippen LogP contribution in [0.25, 0.3) is 6.08 Å². The van der Waals surface area contributed by atoms with Crippen LogP contribution in [0.2, 0.25) is 0 Å². The molecule has 2 rings (SSSR count). The minimum Gasteiger partial charge on any atom is -0.480 e. The van der Waals surface area contributed by atoms with Crippen LogP contribution in [0.15, 0.2) is 66.4 Å². The number of carbonyl (C=O) groups excluding carboxylic acids is 3. The fraction of sp³-hybridized carbons (Fsp3) is 0.379. The van der Waals surface area contributed by atoms with Gasteiger partial charge >= 0.3 is 5.97 Å². The lowest BCUT2D eigenvalue weighted by Crippen LogP contribution is -2.55. The smallest absolute Gasteiger partial charge is 0.326 e. The third kappa shape index (κ3) is 9.82. The number of carbonyl (C=O) groups is 4. The Balaban J connectivity index is 2.24. The molecule has 2 aromatic rings. The summed E-state index contributed by atoms with van der Waals surface area (Å²) in [6, 6.07) is 14.8. The van der Waals surface area contributed by atoms with Crippen molar-refractivity contribution in [2.45, 2.75) is 58.7 Å². The first kappa shape index (κ1) is 30.2. The molecule has 3 atom stereocenters. The second-order valence-electron chi connectivity index (χ2n) is 9.98. The zero-order valence-corrected chi connectivity index (χ0v) is 22.3. The van der Waals surface area contributed by atoms with E-state index in [1.165, 1.54) is 6.08 Å². The summed E-state index contributed by atoms with van der Waals surface area (Å²) in [4.78, 5) is 51.1. The first-order chi connectivity index (χ1) is 18.0. The zero-order valence-electron chi connectivity index (χ0n) is 22.3. The molecule has 0 spiro atoms. The van der Waals surface area contributed by atoms with Gasteiger partial charge in [-0.25, -0.2) is 4.79 Å². The summed E-state index contributed by atoms with van der Waals surface area (Å²) in [6.45, 7) is 7.34. The van der Waals surface area contributed by atoms with E-state index in [0.717, 1.165) is 5.56 Å². The van der Waals surface area contributed by atoms with Gasteiger partial charge in [-0.05, 0) is 35.5 Å². The summed E-state index contributed by atoms with van der Waals surface area (Å²) in [7, 11) is 0. The molecule has 204 valence electrons. The van der Waals surface area contributed by atoms with Crippen LogP contribution < -0.4 is 21.7 Å². The van der Waals surface area contributed by atoms with Crippen LogP contribution in [0.3, 0.4) is 0 Å². The van der Waals surface area contributed by atoms with E-state index in [1.54, 1.807) is 62.4 Å². The Morgan fingerprint density at radius 3 is 1.97 bits per heavy atom. The van der Waals surface area contributed by atoms with E-state index < -0.39 is 41.8 Å². The number of rotatable bonds is 13. The van der Waals surface area contributed by atoms with Gasteiger partial charge in [-0.15, -0.1) is 0 Å². The van der Waals surface area contributed by atoms with Crippen LogP contribution >= 0.6 is 0 Å². The van der Waals surface area contributed by atoms with Gasteiger partial charge in [0.2, 0.25) is 11.8 Å². The fourth-order valence-electron chi connectivity index (χ4n) is 3.78. The predicted molar refractivity (Wildman–Crippen MR) is 146 cm³/mol. The van der Waals surface area contributed by atoms with Crippen LogP contribution in [0.5, 0.6) is 0 Å². The molecule has 0 heterocycles. The van der Waals surface area contributed by atoms with Gasteiger partial charge in [0.25, 0.3) is 5.91 Å². The largest absolute Gasteiger partial charge is 0.480 e. The molecule has 0 aromatic heterocycles. The van der Waals surface area contributed by atoms with Gasteiger partial charge in [0.15, 0.2) is 0 Å². The van der Waals surface area contributed by atoms with E-state index in [-0.39, 0.29) is 24.0 Å². The van der Waals surface area contributed by atoms with E-state index in [1.807, 2.05) is 26.0 Å².